The third-order valence-electron chi connectivity index (χ3n) is 2.93. The lowest BCUT2D eigenvalue weighted by atomic mass is 9.94. The molecule has 2 rings (SSSR count). The summed E-state index contributed by atoms with van der Waals surface area (Å²) in [5.74, 6) is 0.529. The Balaban J connectivity index is 2.13. The second kappa shape index (κ2) is 5.94. The van der Waals surface area contributed by atoms with E-state index in [-0.39, 0.29) is 0 Å². The van der Waals surface area contributed by atoms with Crippen LogP contribution in [0.5, 0.6) is 0 Å². The van der Waals surface area contributed by atoms with Crippen molar-refractivity contribution in [3.05, 3.63) is 52.0 Å². The van der Waals surface area contributed by atoms with Gasteiger partial charge >= 0.3 is 0 Å². The van der Waals surface area contributed by atoms with Crippen LogP contribution in [-0.4, -0.2) is 18.6 Å². The summed E-state index contributed by atoms with van der Waals surface area (Å²) in [5, 5.41) is 3.28. The Hall–Kier alpha value is -1.19. The molecule has 0 saturated heterocycles. The van der Waals surface area contributed by atoms with Gasteiger partial charge in [-0.3, -0.25) is 4.98 Å². The molecule has 0 bridgehead atoms. The van der Waals surface area contributed by atoms with Crippen LogP contribution < -0.4 is 5.32 Å². The first-order valence-electron chi connectivity index (χ1n) is 5.88. The second-order valence-corrected chi connectivity index (χ2v) is 5.31. The van der Waals surface area contributed by atoms with Gasteiger partial charge in [0.15, 0.2) is 0 Å². The minimum Gasteiger partial charge on any atom is -0.319 e. The van der Waals surface area contributed by atoms with E-state index in [1.54, 1.807) is 11.3 Å². The molecule has 0 aliphatic heterocycles. The number of nitrogens with one attached hydrogen (secondary N) is 1. The highest BCUT2D eigenvalue weighted by Gasteiger charge is 2.12. The van der Waals surface area contributed by atoms with Gasteiger partial charge in [-0.2, -0.15) is 0 Å². The van der Waals surface area contributed by atoms with E-state index in [1.165, 1.54) is 16.0 Å². The van der Waals surface area contributed by atoms with Crippen LogP contribution in [0.25, 0.3) is 0 Å². The molecule has 0 saturated carbocycles. The summed E-state index contributed by atoms with van der Waals surface area (Å²) < 4.78 is 0. The van der Waals surface area contributed by atoms with Gasteiger partial charge in [-0.1, -0.05) is 29.8 Å². The average Bonchev–Trinajstić information content (AvgIpc) is 2.82. The van der Waals surface area contributed by atoms with E-state index >= 15 is 0 Å². The van der Waals surface area contributed by atoms with E-state index in [0.717, 1.165) is 13.0 Å². The molecule has 1 atom stereocenters. The van der Waals surface area contributed by atoms with Gasteiger partial charge < -0.3 is 5.32 Å². The van der Waals surface area contributed by atoms with Gasteiger partial charge in [-0.15, -0.1) is 11.3 Å². The quantitative estimate of drug-likeness (QED) is 0.877. The van der Waals surface area contributed by atoms with Crippen LogP contribution in [-0.2, 0) is 6.42 Å². The first-order valence-corrected chi connectivity index (χ1v) is 6.76. The van der Waals surface area contributed by atoms with Crippen molar-refractivity contribution in [3.63, 3.8) is 0 Å². The van der Waals surface area contributed by atoms with Crippen molar-refractivity contribution >= 4 is 11.3 Å². The molecule has 17 heavy (non-hydrogen) atoms. The summed E-state index contributed by atoms with van der Waals surface area (Å²) >= 11 is 1.74. The molecular weight excluding hydrogens is 228 g/mol. The third kappa shape index (κ3) is 3.38. The number of aryl methyl sites for hydroxylation is 1. The zero-order chi connectivity index (χ0) is 12.1. The largest absolute Gasteiger partial charge is 0.319 e. The highest BCUT2D eigenvalue weighted by atomic mass is 32.1. The minimum atomic E-state index is 0.529. The predicted molar refractivity (Wildman–Crippen MR) is 73.7 cm³/mol. The summed E-state index contributed by atoms with van der Waals surface area (Å²) in [4.78, 5) is 5.49. The maximum atomic E-state index is 4.14. The van der Waals surface area contributed by atoms with Crippen molar-refractivity contribution in [2.24, 2.45) is 0 Å². The maximum Gasteiger partial charge on any atom is 0.0794 e. The van der Waals surface area contributed by atoms with E-state index in [2.05, 4.69) is 41.5 Å². The SMILES string of the molecule is CNCC(Cc1cncs1)c1ccc(C)cc1. The van der Waals surface area contributed by atoms with Crippen LogP contribution >= 0.6 is 11.3 Å². The number of aromatic nitrogens is 1. The first kappa shape index (κ1) is 12.3. The van der Waals surface area contributed by atoms with E-state index < -0.39 is 0 Å². The number of hydrogen-bond donors (Lipinski definition) is 1. The van der Waals surface area contributed by atoms with Gasteiger partial charge in [0.1, 0.15) is 0 Å². The zero-order valence-electron chi connectivity index (χ0n) is 10.3. The molecule has 0 fully saturated rings. The Morgan fingerprint density at radius 3 is 2.65 bits per heavy atom. The summed E-state index contributed by atoms with van der Waals surface area (Å²) in [5.41, 5.74) is 4.62. The van der Waals surface area contributed by atoms with Crippen molar-refractivity contribution in [2.45, 2.75) is 19.3 Å². The molecule has 1 aromatic carbocycles. The van der Waals surface area contributed by atoms with Gasteiger partial charge in [0.2, 0.25) is 0 Å². The highest BCUT2D eigenvalue weighted by molar-refractivity contribution is 7.09. The number of thiazole rings is 1. The van der Waals surface area contributed by atoms with Crippen LogP contribution in [0.1, 0.15) is 21.9 Å². The lowest BCUT2D eigenvalue weighted by Crippen LogP contribution is -2.18. The molecule has 1 unspecified atom stereocenters. The number of benzene rings is 1. The van der Waals surface area contributed by atoms with Crippen molar-refractivity contribution in [1.29, 1.82) is 0 Å². The van der Waals surface area contributed by atoms with Crippen molar-refractivity contribution in [1.82, 2.24) is 10.3 Å². The lowest BCUT2D eigenvalue weighted by Gasteiger charge is -2.16. The van der Waals surface area contributed by atoms with Crippen LogP contribution in [0.2, 0.25) is 0 Å². The second-order valence-electron chi connectivity index (χ2n) is 4.34. The molecule has 3 heteroatoms. The molecule has 2 aromatic rings. The molecule has 0 amide bonds. The van der Waals surface area contributed by atoms with E-state index in [1.807, 2.05) is 18.8 Å². The Labute approximate surface area is 107 Å². The summed E-state index contributed by atoms with van der Waals surface area (Å²) in [7, 11) is 2.01. The smallest absolute Gasteiger partial charge is 0.0794 e. The van der Waals surface area contributed by atoms with E-state index in [9.17, 15) is 0 Å². The standard InChI is InChI=1S/C14H18N2S/c1-11-3-5-12(6-4-11)13(8-15-2)7-14-9-16-10-17-14/h3-6,9-10,13,15H,7-8H2,1-2H3. The van der Waals surface area contributed by atoms with Crippen molar-refractivity contribution in [3.8, 4) is 0 Å². The number of rotatable bonds is 5. The Bertz CT molecular complexity index is 434. The molecule has 0 aliphatic carbocycles. The Kier molecular flexibility index (Phi) is 4.29. The molecule has 1 N–H and O–H groups in total. The number of nitrogens with zero attached hydrogens (tertiary/aromatic N) is 1. The summed E-state index contributed by atoms with van der Waals surface area (Å²) in [6.07, 6.45) is 3.04. The predicted octanol–water partition coefficient (Wildman–Crippen LogP) is 3.00. The van der Waals surface area contributed by atoms with Crippen molar-refractivity contribution in [2.75, 3.05) is 13.6 Å². The zero-order valence-corrected chi connectivity index (χ0v) is 11.1. The first-order chi connectivity index (χ1) is 8.29. The minimum absolute atomic E-state index is 0.529. The summed E-state index contributed by atoms with van der Waals surface area (Å²) in [6, 6.07) is 8.84. The van der Waals surface area contributed by atoms with E-state index in [4.69, 9.17) is 0 Å². The van der Waals surface area contributed by atoms with Crippen LogP contribution in [0.15, 0.2) is 36.0 Å². The third-order valence-corrected chi connectivity index (χ3v) is 3.73. The molecule has 0 spiro atoms. The van der Waals surface area contributed by atoms with Gasteiger partial charge in [0.05, 0.1) is 5.51 Å². The van der Waals surface area contributed by atoms with Gasteiger partial charge in [0.25, 0.3) is 0 Å². The topological polar surface area (TPSA) is 24.9 Å². The van der Waals surface area contributed by atoms with E-state index in [0.29, 0.717) is 5.92 Å². The van der Waals surface area contributed by atoms with Gasteiger partial charge in [0, 0.05) is 23.5 Å². The molecule has 2 nitrogen and oxygen atoms in total. The Morgan fingerprint density at radius 1 is 1.29 bits per heavy atom. The number of likely N-dealkylation sites (N-methyl/N-ethyl adjacent to an activating group) is 1. The normalized spacial score (nSPS) is 12.6. The monoisotopic (exact) mass is 246 g/mol. The average molecular weight is 246 g/mol. The van der Waals surface area contributed by atoms with Gasteiger partial charge in [-0.25, -0.2) is 0 Å². The number of hydrogen-bond acceptors (Lipinski definition) is 3. The van der Waals surface area contributed by atoms with Crippen LogP contribution in [0.3, 0.4) is 0 Å². The lowest BCUT2D eigenvalue weighted by molar-refractivity contribution is 0.629. The summed E-state index contributed by atoms with van der Waals surface area (Å²) in [6.45, 7) is 3.13. The van der Waals surface area contributed by atoms with Crippen molar-refractivity contribution < 1.29 is 0 Å². The maximum absolute atomic E-state index is 4.14. The van der Waals surface area contributed by atoms with Crippen LogP contribution in [0, 0.1) is 6.92 Å². The Morgan fingerprint density at radius 2 is 2.06 bits per heavy atom. The van der Waals surface area contributed by atoms with Crippen LogP contribution in [0.4, 0.5) is 0 Å². The molecular formula is C14H18N2S. The molecule has 0 radical (unpaired) electrons. The fourth-order valence-corrected chi connectivity index (χ4v) is 2.65. The fraction of sp³-hybridized carbons (Fsp3) is 0.357. The molecule has 1 aromatic heterocycles. The molecule has 90 valence electrons. The molecule has 0 aliphatic rings. The fourth-order valence-electron chi connectivity index (χ4n) is 1.98. The molecule has 1 heterocycles. The highest BCUT2D eigenvalue weighted by Crippen LogP contribution is 2.22. The van der Waals surface area contributed by atoms with Gasteiger partial charge in [-0.05, 0) is 26.0 Å².